The second-order valence-corrected chi connectivity index (χ2v) is 14.4. The minimum atomic E-state index is -0.509. The quantitative estimate of drug-likeness (QED) is 0.432. The molecule has 0 nitrogen and oxygen atoms in total. The van der Waals surface area contributed by atoms with Crippen LogP contribution in [0.25, 0.3) is 0 Å². The van der Waals surface area contributed by atoms with Gasteiger partial charge in [-0.15, -0.1) is 0 Å². The maximum atomic E-state index is 2.54. The predicted molar refractivity (Wildman–Crippen MR) is 72.0 cm³/mol. The summed E-state index contributed by atoms with van der Waals surface area (Å²) < 4.78 is -0.509. The van der Waals surface area contributed by atoms with Crippen molar-refractivity contribution in [2.45, 2.75) is 59.3 Å². The number of rotatable bonds is 9. The zero-order valence-corrected chi connectivity index (χ0v) is 13.4. The average molecular weight is 330 g/mol. The van der Waals surface area contributed by atoms with Gasteiger partial charge in [-0.2, -0.15) is 0 Å². The molecular formula is C12H27PTe. The molecule has 0 aromatic heterocycles. The van der Waals surface area contributed by atoms with E-state index in [0.29, 0.717) is 0 Å². The third-order valence-corrected chi connectivity index (χ3v) is 10.8. The van der Waals surface area contributed by atoms with Crippen molar-refractivity contribution in [2.75, 3.05) is 18.5 Å². The van der Waals surface area contributed by atoms with Gasteiger partial charge in [-0.25, -0.2) is 0 Å². The van der Waals surface area contributed by atoms with E-state index in [1.165, 1.54) is 38.5 Å². The van der Waals surface area contributed by atoms with Crippen molar-refractivity contribution in [2.24, 2.45) is 0 Å². The molecule has 0 aliphatic rings. The summed E-state index contributed by atoms with van der Waals surface area (Å²) in [6.45, 7) is 6.97. The van der Waals surface area contributed by atoms with Crippen LogP contribution in [0.2, 0.25) is 0 Å². The fourth-order valence-electron chi connectivity index (χ4n) is 1.67. The Morgan fingerprint density at radius 2 is 1.00 bits per heavy atom. The van der Waals surface area contributed by atoms with Crippen LogP contribution < -0.4 is 0 Å². The van der Waals surface area contributed by atoms with Gasteiger partial charge in [0.05, 0.1) is 0 Å². The molecule has 0 saturated carbocycles. The summed E-state index contributed by atoms with van der Waals surface area (Å²) >= 11 is 2.54. The summed E-state index contributed by atoms with van der Waals surface area (Å²) in [5.74, 6) is 0. The summed E-state index contributed by atoms with van der Waals surface area (Å²) in [7, 11) is 0. The molecule has 0 heterocycles. The Morgan fingerprint density at radius 1 is 0.714 bits per heavy atom. The van der Waals surface area contributed by atoms with Crippen molar-refractivity contribution in [3.8, 4) is 0 Å². The van der Waals surface area contributed by atoms with Crippen molar-refractivity contribution in [1.82, 2.24) is 0 Å². The first-order valence-corrected chi connectivity index (χ1v) is 11.6. The van der Waals surface area contributed by atoms with Gasteiger partial charge in [0.25, 0.3) is 0 Å². The SMILES string of the molecule is CCCCP(=[Te])(CCCC)CCCC. The van der Waals surface area contributed by atoms with Gasteiger partial charge < -0.3 is 0 Å². The summed E-state index contributed by atoms with van der Waals surface area (Å²) in [5, 5.41) is 0. The van der Waals surface area contributed by atoms with Gasteiger partial charge in [0.1, 0.15) is 0 Å². The third kappa shape index (κ3) is 7.50. The molecule has 0 aromatic rings. The van der Waals surface area contributed by atoms with E-state index < -0.39 is 4.49 Å². The summed E-state index contributed by atoms with van der Waals surface area (Å²) in [4.78, 5) is 0. The molecule has 0 bridgehead atoms. The van der Waals surface area contributed by atoms with Crippen LogP contribution in [0.1, 0.15) is 59.3 Å². The zero-order valence-electron chi connectivity index (χ0n) is 10.2. The first kappa shape index (κ1) is 15.2. The molecule has 86 valence electrons. The molecule has 0 aliphatic carbocycles. The van der Waals surface area contributed by atoms with Gasteiger partial charge in [0.15, 0.2) is 0 Å². The van der Waals surface area contributed by atoms with Crippen LogP contribution in [0.4, 0.5) is 0 Å². The normalized spacial score (nSPS) is 11.9. The van der Waals surface area contributed by atoms with E-state index >= 15 is 0 Å². The molecule has 0 aromatic carbocycles. The average Bonchev–Trinajstić information content (AvgIpc) is 2.21. The molecule has 0 amide bonds. The fraction of sp³-hybridized carbons (Fsp3) is 1.00. The van der Waals surface area contributed by atoms with E-state index in [2.05, 4.69) is 42.0 Å². The molecule has 0 aliphatic heterocycles. The molecule has 0 atom stereocenters. The van der Waals surface area contributed by atoms with E-state index in [1.54, 1.807) is 18.5 Å². The third-order valence-electron chi connectivity index (χ3n) is 2.76. The van der Waals surface area contributed by atoms with Gasteiger partial charge in [-0.05, 0) is 0 Å². The van der Waals surface area contributed by atoms with E-state index in [0.717, 1.165) is 0 Å². The Balaban J connectivity index is 3.97. The van der Waals surface area contributed by atoms with Crippen LogP contribution in [-0.4, -0.2) is 39.7 Å². The van der Waals surface area contributed by atoms with Crippen molar-refractivity contribution in [1.29, 1.82) is 0 Å². The van der Waals surface area contributed by atoms with E-state index in [1.807, 2.05) is 0 Å². The Kier molecular flexibility index (Phi) is 10.3. The second kappa shape index (κ2) is 9.45. The van der Waals surface area contributed by atoms with Crippen molar-refractivity contribution >= 4 is 25.7 Å². The second-order valence-electron chi connectivity index (χ2n) is 4.29. The van der Waals surface area contributed by atoms with Gasteiger partial charge in [-0.3, -0.25) is 0 Å². The van der Waals surface area contributed by atoms with Gasteiger partial charge >= 0.3 is 104 Å². The van der Waals surface area contributed by atoms with Crippen molar-refractivity contribution in [3.05, 3.63) is 0 Å². The Bertz CT molecular complexity index is 137. The molecule has 0 spiro atoms. The standard InChI is InChI=1S/C12H27PTe/c1-4-7-10-13(14,11-8-5-2)12-9-6-3/h4-12H2,1-3H3. The molecular weight excluding hydrogens is 303 g/mol. The Hall–Kier alpha value is 1.22. The van der Waals surface area contributed by atoms with Gasteiger partial charge in [0, 0.05) is 0 Å². The number of hydrogen-bond donors (Lipinski definition) is 0. The summed E-state index contributed by atoms with van der Waals surface area (Å²) in [5.41, 5.74) is 0. The molecule has 0 N–H and O–H groups in total. The minimum absolute atomic E-state index is 0.509. The van der Waals surface area contributed by atoms with Crippen LogP contribution >= 0.6 is 4.49 Å². The van der Waals surface area contributed by atoms with Crippen LogP contribution in [0.15, 0.2) is 0 Å². The zero-order chi connectivity index (χ0) is 10.9. The summed E-state index contributed by atoms with van der Waals surface area (Å²) in [6, 6.07) is 0. The Labute approximate surface area is 103 Å². The van der Waals surface area contributed by atoms with Crippen LogP contribution in [0.3, 0.4) is 0 Å². The fourth-order valence-corrected chi connectivity index (χ4v) is 8.34. The molecule has 0 unspecified atom stereocenters. The van der Waals surface area contributed by atoms with Crippen LogP contribution in [0, 0.1) is 0 Å². The topological polar surface area (TPSA) is 0 Å². The van der Waals surface area contributed by atoms with Gasteiger partial charge in [-0.1, -0.05) is 0 Å². The molecule has 0 radical (unpaired) electrons. The van der Waals surface area contributed by atoms with E-state index in [-0.39, 0.29) is 0 Å². The summed E-state index contributed by atoms with van der Waals surface area (Å²) in [6.07, 6.45) is 13.3. The first-order chi connectivity index (χ1) is 6.68. The molecule has 14 heavy (non-hydrogen) atoms. The molecule has 0 fully saturated rings. The van der Waals surface area contributed by atoms with Crippen molar-refractivity contribution < 1.29 is 0 Å². The monoisotopic (exact) mass is 332 g/mol. The van der Waals surface area contributed by atoms with Gasteiger partial charge in [0.2, 0.25) is 0 Å². The predicted octanol–water partition coefficient (Wildman–Crippen LogP) is 4.49. The maximum absolute atomic E-state index is 2.54. The van der Waals surface area contributed by atoms with E-state index in [9.17, 15) is 0 Å². The van der Waals surface area contributed by atoms with Crippen LogP contribution in [-0.2, 0) is 0 Å². The van der Waals surface area contributed by atoms with E-state index in [4.69, 9.17) is 0 Å². The number of hydrogen-bond acceptors (Lipinski definition) is 0. The molecule has 0 rings (SSSR count). The molecule has 0 saturated heterocycles. The van der Waals surface area contributed by atoms with Crippen LogP contribution in [0.5, 0.6) is 0 Å². The first-order valence-electron chi connectivity index (χ1n) is 6.25. The Morgan fingerprint density at radius 3 is 1.21 bits per heavy atom. The van der Waals surface area contributed by atoms with Crippen molar-refractivity contribution in [3.63, 3.8) is 0 Å². The molecule has 2 heteroatoms. The number of unbranched alkanes of at least 4 members (excludes halogenated alkanes) is 3.